The number of carbonyl (C=O) groups is 1. The number of rotatable bonds is 4. The van der Waals surface area contributed by atoms with E-state index in [1.54, 1.807) is 12.1 Å². The number of hydrogen-bond acceptors (Lipinski definition) is 4. The number of nitrogens with one attached hydrogen (secondary N) is 1. The molecule has 5 rings (SSSR count). The minimum Gasteiger partial charge on any atom is -0.390 e. The molecular weight excluding hydrogens is 352 g/mol. The van der Waals surface area contributed by atoms with E-state index < -0.39 is 21.0 Å². The molecule has 0 aromatic heterocycles. The Balaban J connectivity index is 1.58. The molecule has 1 amide bonds. The molecule has 7 heteroatoms. The van der Waals surface area contributed by atoms with Crippen molar-refractivity contribution in [1.82, 2.24) is 4.31 Å². The van der Waals surface area contributed by atoms with Gasteiger partial charge in [0.1, 0.15) is 0 Å². The number of hydrogen-bond donors (Lipinski definition) is 2. The first kappa shape index (κ1) is 17.9. The van der Waals surface area contributed by atoms with E-state index in [1.165, 1.54) is 26.2 Å². The van der Waals surface area contributed by atoms with Crippen molar-refractivity contribution in [1.29, 1.82) is 0 Å². The van der Waals surface area contributed by atoms with E-state index in [0.29, 0.717) is 23.9 Å². The Hall–Kier alpha value is -1.44. The fourth-order valence-electron chi connectivity index (χ4n) is 5.69. The van der Waals surface area contributed by atoms with E-state index in [-0.39, 0.29) is 10.8 Å². The van der Waals surface area contributed by atoms with Crippen LogP contribution in [0.4, 0.5) is 5.69 Å². The summed E-state index contributed by atoms with van der Waals surface area (Å²) in [4.78, 5) is 13.3. The largest absolute Gasteiger partial charge is 0.390 e. The topological polar surface area (TPSA) is 86.7 Å². The van der Waals surface area contributed by atoms with Crippen LogP contribution in [-0.4, -0.2) is 43.4 Å². The van der Waals surface area contributed by atoms with Crippen LogP contribution in [-0.2, 0) is 14.8 Å². The summed E-state index contributed by atoms with van der Waals surface area (Å²) in [5, 5.41) is 13.8. The third-order valence-electron chi connectivity index (χ3n) is 6.38. The van der Waals surface area contributed by atoms with Crippen LogP contribution in [0.2, 0.25) is 0 Å². The van der Waals surface area contributed by atoms with Gasteiger partial charge in [-0.05, 0) is 68.6 Å². The molecule has 6 nitrogen and oxygen atoms in total. The monoisotopic (exact) mass is 378 g/mol. The maximum atomic E-state index is 13.1. The van der Waals surface area contributed by atoms with Crippen LogP contribution >= 0.6 is 0 Å². The summed E-state index contributed by atoms with van der Waals surface area (Å²) in [6.07, 6.45) is 4.92. The maximum absolute atomic E-state index is 13.1. The van der Waals surface area contributed by atoms with Crippen LogP contribution in [0, 0.1) is 17.3 Å². The number of amides is 1. The Labute approximate surface area is 154 Å². The van der Waals surface area contributed by atoms with Crippen LogP contribution in [0.1, 0.15) is 38.5 Å². The quantitative estimate of drug-likeness (QED) is 0.841. The van der Waals surface area contributed by atoms with Gasteiger partial charge in [0.2, 0.25) is 15.9 Å². The minimum atomic E-state index is -3.55. The molecule has 1 aromatic rings. The third kappa shape index (κ3) is 2.86. The molecule has 0 radical (unpaired) electrons. The summed E-state index contributed by atoms with van der Waals surface area (Å²) in [6, 6.07) is 6.38. The first-order chi connectivity index (χ1) is 12.1. The number of sulfonamides is 1. The SMILES string of the molecule is CN(C)S(=O)(=O)c1cccc(NC(=O)C23C[C@@H]4C[C@@H](CC(O)(C4)C2)C3)c1. The van der Waals surface area contributed by atoms with Gasteiger partial charge in [-0.3, -0.25) is 4.79 Å². The highest BCUT2D eigenvalue weighted by Crippen LogP contribution is 2.61. The Kier molecular flexibility index (Phi) is 3.99. The first-order valence-electron chi connectivity index (χ1n) is 9.18. The molecular formula is C19H26N2O4S. The van der Waals surface area contributed by atoms with Gasteiger partial charge in [0.25, 0.3) is 0 Å². The molecule has 2 unspecified atom stereocenters. The molecule has 1 aromatic carbocycles. The lowest BCUT2D eigenvalue weighted by molar-refractivity contribution is -0.174. The van der Waals surface area contributed by atoms with Gasteiger partial charge in [0, 0.05) is 19.8 Å². The predicted octanol–water partition coefficient (Wildman–Crippen LogP) is 2.21. The third-order valence-corrected chi connectivity index (χ3v) is 8.19. The summed E-state index contributed by atoms with van der Waals surface area (Å²) in [7, 11) is -0.582. The van der Waals surface area contributed by atoms with Crippen molar-refractivity contribution in [3.8, 4) is 0 Å². The normalized spacial score (nSPS) is 35.7. The Bertz CT molecular complexity index is 835. The minimum absolute atomic E-state index is 0.0792. The van der Waals surface area contributed by atoms with E-state index >= 15 is 0 Å². The predicted molar refractivity (Wildman–Crippen MR) is 98.0 cm³/mol. The highest BCUT2D eigenvalue weighted by atomic mass is 32.2. The molecule has 4 atom stereocenters. The van der Waals surface area contributed by atoms with Gasteiger partial charge in [-0.1, -0.05) is 6.07 Å². The van der Waals surface area contributed by atoms with E-state index in [9.17, 15) is 18.3 Å². The number of anilines is 1. The summed E-state index contributed by atoms with van der Waals surface area (Å²) in [5.74, 6) is 0.768. The van der Waals surface area contributed by atoms with Crippen LogP contribution in [0.25, 0.3) is 0 Å². The van der Waals surface area contributed by atoms with Crippen LogP contribution < -0.4 is 5.32 Å². The second kappa shape index (κ2) is 5.78. The van der Waals surface area contributed by atoms with E-state index in [2.05, 4.69) is 5.32 Å². The van der Waals surface area contributed by atoms with E-state index in [4.69, 9.17) is 0 Å². The molecule has 142 valence electrons. The lowest BCUT2D eigenvalue weighted by atomic mass is 9.47. The van der Waals surface area contributed by atoms with Crippen LogP contribution in [0.15, 0.2) is 29.2 Å². The standard InChI is InChI=1S/C19H26N2O4S/c1-21(2)26(24,25)16-5-3-4-15(7-16)20-17(22)18-8-13-6-14(9-18)11-19(23,10-13)12-18/h3-5,7,13-14,23H,6,8-12H2,1-2H3,(H,20,22)/t13-,14+,18?,19?. The van der Waals surface area contributed by atoms with Crippen LogP contribution in [0.5, 0.6) is 0 Å². The molecule has 4 aliphatic carbocycles. The Morgan fingerprint density at radius 3 is 2.42 bits per heavy atom. The Morgan fingerprint density at radius 2 is 1.85 bits per heavy atom. The molecule has 4 fully saturated rings. The summed E-state index contributed by atoms with van der Waals surface area (Å²) < 4.78 is 25.8. The average molecular weight is 378 g/mol. The van der Waals surface area contributed by atoms with Crippen molar-refractivity contribution >= 4 is 21.6 Å². The molecule has 4 saturated carbocycles. The lowest BCUT2D eigenvalue weighted by Gasteiger charge is -2.59. The summed E-state index contributed by atoms with van der Waals surface area (Å²) >= 11 is 0. The second-order valence-corrected chi connectivity index (χ2v) is 10.9. The van der Waals surface area contributed by atoms with Crippen molar-refractivity contribution < 1.29 is 18.3 Å². The van der Waals surface area contributed by atoms with Gasteiger partial charge in [0.15, 0.2) is 0 Å². The molecule has 0 saturated heterocycles. The average Bonchev–Trinajstić information content (AvgIpc) is 2.52. The van der Waals surface area contributed by atoms with Crippen LogP contribution in [0.3, 0.4) is 0 Å². The zero-order valence-corrected chi connectivity index (χ0v) is 16.1. The molecule has 26 heavy (non-hydrogen) atoms. The van der Waals surface area contributed by atoms with Gasteiger partial charge < -0.3 is 10.4 Å². The van der Waals surface area contributed by atoms with Gasteiger partial charge in [-0.2, -0.15) is 0 Å². The van der Waals surface area contributed by atoms with E-state index in [1.807, 2.05) is 0 Å². The van der Waals surface area contributed by atoms with Gasteiger partial charge in [0.05, 0.1) is 15.9 Å². The zero-order valence-electron chi connectivity index (χ0n) is 15.2. The van der Waals surface area contributed by atoms with Crippen molar-refractivity contribution in [3.05, 3.63) is 24.3 Å². The smallest absolute Gasteiger partial charge is 0.242 e. The summed E-state index contributed by atoms with van der Waals surface area (Å²) in [6.45, 7) is 0. The summed E-state index contributed by atoms with van der Waals surface area (Å²) in [5.41, 5.74) is -0.729. The van der Waals surface area contributed by atoms with Gasteiger partial charge >= 0.3 is 0 Å². The number of carbonyl (C=O) groups excluding carboxylic acids is 1. The fourth-order valence-corrected chi connectivity index (χ4v) is 6.64. The number of benzene rings is 1. The molecule has 2 N–H and O–H groups in total. The lowest BCUT2D eigenvalue weighted by Crippen LogP contribution is -2.59. The van der Waals surface area contributed by atoms with Crippen molar-refractivity contribution in [3.63, 3.8) is 0 Å². The second-order valence-electron chi connectivity index (χ2n) is 8.74. The highest BCUT2D eigenvalue weighted by molar-refractivity contribution is 7.89. The molecule has 0 spiro atoms. The van der Waals surface area contributed by atoms with Crippen molar-refractivity contribution in [2.24, 2.45) is 17.3 Å². The van der Waals surface area contributed by atoms with E-state index in [0.717, 1.165) is 36.4 Å². The Morgan fingerprint density at radius 1 is 1.19 bits per heavy atom. The molecule has 0 aliphatic heterocycles. The zero-order chi connectivity index (χ0) is 18.7. The molecule has 0 heterocycles. The van der Waals surface area contributed by atoms with Gasteiger partial charge in [-0.15, -0.1) is 0 Å². The maximum Gasteiger partial charge on any atom is 0.242 e. The number of aliphatic hydroxyl groups is 1. The number of nitrogens with zero attached hydrogens (tertiary/aromatic N) is 1. The first-order valence-corrected chi connectivity index (χ1v) is 10.6. The fraction of sp³-hybridized carbons (Fsp3) is 0.632. The van der Waals surface area contributed by atoms with Crippen molar-refractivity contribution in [2.45, 2.75) is 49.0 Å². The van der Waals surface area contributed by atoms with Crippen molar-refractivity contribution in [2.75, 3.05) is 19.4 Å². The highest BCUT2D eigenvalue weighted by Gasteiger charge is 2.60. The molecule has 4 bridgehead atoms. The van der Waals surface area contributed by atoms with Gasteiger partial charge in [-0.25, -0.2) is 12.7 Å². The molecule has 4 aliphatic rings.